The number of aryl methyl sites for hydroxylation is 1. The van der Waals surface area contributed by atoms with Crippen LogP contribution in [0.25, 0.3) is 0 Å². The number of alkyl halides is 1. The van der Waals surface area contributed by atoms with E-state index < -0.39 is 0 Å². The van der Waals surface area contributed by atoms with Gasteiger partial charge in [-0.2, -0.15) is 0 Å². The highest BCUT2D eigenvalue weighted by molar-refractivity contribution is 6.20. The predicted molar refractivity (Wildman–Crippen MR) is 86.1 cm³/mol. The molecule has 112 valence electrons. The van der Waals surface area contributed by atoms with Gasteiger partial charge in [0, 0.05) is 13.0 Å². The van der Waals surface area contributed by atoms with E-state index in [9.17, 15) is 4.79 Å². The number of hydrogen-bond acceptors (Lipinski definition) is 1. The molecule has 0 saturated carbocycles. The van der Waals surface area contributed by atoms with Crippen LogP contribution in [0.1, 0.15) is 45.6 Å². The van der Waals surface area contributed by atoms with Crippen molar-refractivity contribution in [2.24, 2.45) is 5.41 Å². The van der Waals surface area contributed by atoms with Gasteiger partial charge in [0.2, 0.25) is 5.91 Å². The molecular weight excluding hydrogens is 270 g/mol. The van der Waals surface area contributed by atoms with Gasteiger partial charge in [0.25, 0.3) is 0 Å². The molecule has 3 heteroatoms. The third kappa shape index (κ3) is 8.21. The Morgan fingerprint density at radius 1 is 1.25 bits per heavy atom. The lowest BCUT2D eigenvalue weighted by atomic mass is 9.90. The van der Waals surface area contributed by atoms with Gasteiger partial charge >= 0.3 is 0 Å². The monoisotopic (exact) mass is 295 g/mol. The molecule has 0 aliphatic carbocycles. The van der Waals surface area contributed by atoms with Gasteiger partial charge in [-0.15, -0.1) is 11.6 Å². The summed E-state index contributed by atoms with van der Waals surface area (Å²) in [4.78, 5) is 11.7. The van der Waals surface area contributed by atoms with Crippen LogP contribution in [0.4, 0.5) is 0 Å². The molecule has 0 spiro atoms. The zero-order valence-corrected chi connectivity index (χ0v) is 13.5. The maximum atomic E-state index is 11.7. The summed E-state index contributed by atoms with van der Waals surface area (Å²) in [5.41, 5.74) is 1.48. The minimum Gasteiger partial charge on any atom is -0.355 e. The minimum absolute atomic E-state index is 0.00748. The predicted octanol–water partition coefficient (Wildman–Crippen LogP) is 4.17. The van der Waals surface area contributed by atoms with E-state index in [2.05, 4.69) is 38.2 Å². The first-order valence-corrected chi connectivity index (χ1v) is 7.75. The fourth-order valence-corrected chi connectivity index (χ4v) is 2.69. The zero-order valence-electron chi connectivity index (χ0n) is 12.8. The number of nitrogens with one attached hydrogen (secondary N) is 1. The third-order valence-corrected chi connectivity index (χ3v) is 3.38. The van der Waals surface area contributed by atoms with Gasteiger partial charge < -0.3 is 5.32 Å². The number of carbonyl (C=O) groups excluding carboxylic acids is 1. The minimum atomic E-state index is 0.00748. The molecule has 0 saturated heterocycles. The van der Waals surface area contributed by atoms with E-state index in [1.807, 2.05) is 18.2 Å². The normalized spacial score (nSPS) is 13.0. The molecule has 2 nitrogen and oxygen atoms in total. The summed E-state index contributed by atoms with van der Waals surface area (Å²) in [6, 6.07) is 10.2. The van der Waals surface area contributed by atoms with E-state index in [0.29, 0.717) is 13.0 Å². The van der Waals surface area contributed by atoms with E-state index >= 15 is 0 Å². The zero-order chi connectivity index (χ0) is 15.0. The first-order valence-electron chi connectivity index (χ1n) is 7.31. The standard InChI is InChI=1S/C17H26ClNO/c1-17(2,3)12-15(18)13-19-16(20)11-7-10-14-8-5-4-6-9-14/h4-6,8-9,15H,7,10-13H2,1-3H3,(H,19,20). The summed E-state index contributed by atoms with van der Waals surface area (Å²) >= 11 is 6.22. The second kappa shape index (κ2) is 8.31. The average molecular weight is 296 g/mol. The Balaban J connectivity index is 2.14. The molecule has 1 N–H and O–H groups in total. The van der Waals surface area contributed by atoms with E-state index in [1.54, 1.807) is 0 Å². The van der Waals surface area contributed by atoms with Gasteiger partial charge in [0.1, 0.15) is 0 Å². The third-order valence-electron chi connectivity index (χ3n) is 3.07. The number of hydrogen-bond donors (Lipinski definition) is 1. The number of amides is 1. The van der Waals surface area contributed by atoms with Gasteiger partial charge in [0.15, 0.2) is 0 Å². The second-order valence-corrected chi connectivity index (χ2v) is 7.12. The Hall–Kier alpha value is -1.02. The second-order valence-electron chi connectivity index (χ2n) is 6.51. The van der Waals surface area contributed by atoms with Crippen molar-refractivity contribution in [3.8, 4) is 0 Å². The Morgan fingerprint density at radius 2 is 1.90 bits per heavy atom. The quantitative estimate of drug-likeness (QED) is 0.752. The topological polar surface area (TPSA) is 29.1 Å². The first kappa shape index (κ1) is 17.0. The van der Waals surface area contributed by atoms with Crippen molar-refractivity contribution in [2.75, 3.05) is 6.54 Å². The van der Waals surface area contributed by atoms with E-state index in [0.717, 1.165) is 19.3 Å². The van der Waals surface area contributed by atoms with Gasteiger partial charge in [-0.1, -0.05) is 51.1 Å². The lowest BCUT2D eigenvalue weighted by Gasteiger charge is -2.21. The molecule has 1 aromatic carbocycles. The smallest absolute Gasteiger partial charge is 0.220 e. The maximum absolute atomic E-state index is 11.7. The van der Waals surface area contributed by atoms with Crippen LogP contribution in [0.3, 0.4) is 0 Å². The van der Waals surface area contributed by atoms with Crippen molar-refractivity contribution in [1.29, 1.82) is 0 Å². The van der Waals surface area contributed by atoms with Crippen LogP contribution in [0, 0.1) is 5.41 Å². The Morgan fingerprint density at radius 3 is 2.50 bits per heavy atom. The number of benzene rings is 1. The molecule has 0 aliphatic rings. The lowest BCUT2D eigenvalue weighted by Crippen LogP contribution is -2.31. The summed E-state index contributed by atoms with van der Waals surface area (Å²) in [5, 5.41) is 2.93. The van der Waals surface area contributed by atoms with Gasteiger partial charge in [-0.3, -0.25) is 4.79 Å². The lowest BCUT2D eigenvalue weighted by molar-refractivity contribution is -0.121. The van der Waals surface area contributed by atoms with Crippen LogP contribution in [0.15, 0.2) is 30.3 Å². The average Bonchev–Trinajstić information content (AvgIpc) is 2.36. The molecule has 1 unspecified atom stereocenters. The number of halogens is 1. The van der Waals surface area contributed by atoms with Crippen LogP contribution in [0.2, 0.25) is 0 Å². The van der Waals surface area contributed by atoms with Crippen molar-refractivity contribution in [3.05, 3.63) is 35.9 Å². The highest BCUT2D eigenvalue weighted by atomic mass is 35.5. The van der Waals surface area contributed by atoms with E-state index in [-0.39, 0.29) is 16.7 Å². The number of carbonyl (C=O) groups is 1. The fraction of sp³-hybridized carbons (Fsp3) is 0.588. The summed E-state index contributed by atoms with van der Waals surface area (Å²) < 4.78 is 0. The van der Waals surface area contributed by atoms with Crippen molar-refractivity contribution < 1.29 is 4.79 Å². The van der Waals surface area contributed by atoms with Crippen LogP contribution in [-0.2, 0) is 11.2 Å². The molecule has 0 bridgehead atoms. The molecule has 1 rings (SSSR count). The highest BCUT2D eigenvalue weighted by Crippen LogP contribution is 2.23. The van der Waals surface area contributed by atoms with Crippen molar-refractivity contribution in [3.63, 3.8) is 0 Å². The van der Waals surface area contributed by atoms with Crippen molar-refractivity contribution in [1.82, 2.24) is 5.32 Å². The molecule has 1 amide bonds. The fourth-order valence-electron chi connectivity index (χ4n) is 2.15. The molecule has 1 atom stereocenters. The molecular formula is C17H26ClNO. The van der Waals surface area contributed by atoms with Crippen molar-refractivity contribution in [2.45, 2.75) is 51.8 Å². The van der Waals surface area contributed by atoms with E-state index in [1.165, 1.54) is 5.56 Å². The molecule has 20 heavy (non-hydrogen) atoms. The molecule has 0 heterocycles. The summed E-state index contributed by atoms with van der Waals surface area (Å²) in [6.07, 6.45) is 3.29. The molecule has 0 fully saturated rings. The maximum Gasteiger partial charge on any atom is 0.220 e. The van der Waals surface area contributed by atoms with Gasteiger partial charge in [-0.25, -0.2) is 0 Å². The van der Waals surface area contributed by atoms with Crippen LogP contribution in [0.5, 0.6) is 0 Å². The van der Waals surface area contributed by atoms with Gasteiger partial charge in [0.05, 0.1) is 5.38 Å². The summed E-state index contributed by atoms with van der Waals surface area (Å²) in [5.74, 6) is 0.0977. The molecule has 0 aliphatic heterocycles. The van der Waals surface area contributed by atoms with Crippen molar-refractivity contribution >= 4 is 17.5 Å². The van der Waals surface area contributed by atoms with Crippen LogP contribution in [-0.4, -0.2) is 17.8 Å². The molecule has 0 aromatic heterocycles. The SMILES string of the molecule is CC(C)(C)CC(Cl)CNC(=O)CCCc1ccccc1. The summed E-state index contributed by atoms with van der Waals surface area (Å²) in [6.45, 7) is 7.03. The first-order chi connectivity index (χ1) is 9.37. The Labute approximate surface area is 127 Å². The summed E-state index contributed by atoms with van der Waals surface area (Å²) in [7, 11) is 0. The Bertz CT molecular complexity index is 397. The highest BCUT2D eigenvalue weighted by Gasteiger charge is 2.17. The van der Waals surface area contributed by atoms with Gasteiger partial charge in [-0.05, 0) is 30.2 Å². The number of rotatable bonds is 7. The largest absolute Gasteiger partial charge is 0.355 e. The van der Waals surface area contributed by atoms with Crippen LogP contribution < -0.4 is 5.32 Å². The Kier molecular flexibility index (Phi) is 7.08. The molecule has 0 radical (unpaired) electrons. The molecule has 1 aromatic rings. The van der Waals surface area contributed by atoms with E-state index in [4.69, 9.17) is 11.6 Å². The van der Waals surface area contributed by atoms with Crippen LogP contribution >= 0.6 is 11.6 Å².